The second kappa shape index (κ2) is 6.73. The lowest BCUT2D eigenvalue weighted by Crippen LogP contribution is -2.40. The molecule has 0 bridgehead atoms. The molecule has 4 nitrogen and oxygen atoms in total. The van der Waals surface area contributed by atoms with Crippen molar-refractivity contribution in [2.24, 2.45) is 11.8 Å². The highest BCUT2D eigenvalue weighted by atomic mass is 16.1. The lowest BCUT2D eigenvalue weighted by molar-refractivity contribution is 0.0911. The van der Waals surface area contributed by atoms with Crippen molar-refractivity contribution in [2.45, 2.75) is 46.1 Å². The first-order valence-electron chi connectivity index (χ1n) is 7.59. The third-order valence-corrected chi connectivity index (χ3v) is 3.89. The van der Waals surface area contributed by atoms with Crippen molar-refractivity contribution < 1.29 is 4.79 Å². The van der Waals surface area contributed by atoms with Crippen LogP contribution in [0.4, 0.5) is 5.82 Å². The number of pyridine rings is 1. The minimum absolute atomic E-state index is 0.0119. The van der Waals surface area contributed by atoms with E-state index in [-0.39, 0.29) is 5.91 Å². The van der Waals surface area contributed by atoms with E-state index in [0.29, 0.717) is 23.4 Å². The summed E-state index contributed by atoms with van der Waals surface area (Å²) in [4.78, 5) is 16.5. The minimum Gasteiger partial charge on any atom is -0.370 e. The SMILES string of the molecule is CCNc1cc(C(=O)NC2CC(C)CC(C)C2)ccn1. The highest BCUT2D eigenvalue weighted by Gasteiger charge is 2.25. The Balaban J connectivity index is 1.99. The molecule has 1 aromatic rings. The second-order valence-electron chi connectivity index (χ2n) is 6.05. The number of carbonyl (C=O) groups is 1. The van der Waals surface area contributed by atoms with Crippen LogP contribution in [0.3, 0.4) is 0 Å². The third kappa shape index (κ3) is 3.95. The molecule has 2 unspecified atom stereocenters. The van der Waals surface area contributed by atoms with Gasteiger partial charge >= 0.3 is 0 Å². The van der Waals surface area contributed by atoms with Gasteiger partial charge in [-0.15, -0.1) is 0 Å². The molecular formula is C16H25N3O. The van der Waals surface area contributed by atoms with Crippen molar-refractivity contribution in [2.75, 3.05) is 11.9 Å². The molecule has 0 aromatic carbocycles. The second-order valence-corrected chi connectivity index (χ2v) is 6.05. The Labute approximate surface area is 121 Å². The van der Waals surface area contributed by atoms with Crippen LogP contribution in [0, 0.1) is 11.8 Å². The quantitative estimate of drug-likeness (QED) is 0.888. The molecule has 0 aliphatic heterocycles. The molecule has 1 fully saturated rings. The monoisotopic (exact) mass is 275 g/mol. The summed E-state index contributed by atoms with van der Waals surface area (Å²) in [5.74, 6) is 2.15. The van der Waals surface area contributed by atoms with Crippen LogP contribution >= 0.6 is 0 Å². The molecule has 0 saturated heterocycles. The van der Waals surface area contributed by atoms with Gasteiger partial charge in [0.2, 0.25) is 0 Å². The number of rotatable bonds is 4. The molecule has 2 atom stereocenters. The van der Waals surface area contributed by atoms with E-state index >= 15 is 0 Å². The van der Waals surface area contributed by atoms with Crippen LogP contribution in [0.25, 0.3) is 0 Å². The Morgan fingerprint density at radius 3 is 2.65 bits per heavy atom. The van der Waals surface area contributed by atoms with Gasteiger partial charge < -0.3 is 10.6 Å². The lowest BCUT2D eigenvalue weighted by Gasteiger charge is -2.32. The minimum atomic E-state index is 0.0119. The van der Waals surface area contributed by atoms with E-state index in [9.17, 15) is 4.79 Å². The first-order chi connectivity index (χ1) is 9.58. The van der Waals surface area contributed by atoms with Gasteiger partial charge in [0.15, 0.2) is 0 Å². The first-order valence-corrected chi connectivity index (χ1v) is 7.59. The molecule has 2 N–H and O–H groups in total. The highest BCUT2D eigenvalue weighted by molar-refractivity contribution is 5.95. The maximum Gasteiger partial charge on any atom is 0.251 e. The molecule has 0 radical (unpaired) electrons. The molecule has 2 rings (SSSR count). The van der Waals surface area contributed by atoms with E-state index in [1.54, 1.807) is 12.3 Å². The van der Waals surface area contributed by atoms with Crippen molar-refractivity contribution in [3.8, 4) is 0 Å². The summed E-state index contributed by atoms with van der Waals surface area (Å²) in [7, 11) is 0. The van der Waals surface area contributed by atoms with Crippen LogP contribution < -0.4 is 10.6 Å². The van der Waals surface area contributed by atoms with E-state index in [1.807, 2.05) is 13.0 Å². The van der Waals surface area contributed by atoms with Gasteiger partial charge in [-0.3, -0.25) is 4.79 Å². The molecule has 4 heteroatoms. The zero-order valence-corrected chi connectivity index (χ0v) is 12.6. The molecule has 110 valence electrons. The van der Waals surface area contributed by atoms with E-state index in [4.69, 9.17) is 0 Å². The van der Waals surface area contributed by atoms with E-state index in [2.05, 4.69) is 29.5 Å². The molecule has 1 aliphatic rings. The first kappa shape index (κ1) is 14.8. The molecule has 1 saturated carbocycles. The van der Waals surface area contributed by atoms with Gasteiger partial charge in [-0.1, -0.05) is 13.8 Å². The Hall–Kier alpha value is -1.58. The summed E-state index contributed by atoms with van der Waals surface area (Å²) in [5.41, 5.74) is 0.682. The van der Waals surface area contributed by atoms with Gasteiger partial charge in [0.25, 0.3) is 5.91 Å². The fraction of sp³-hybridized carbons (Fsp3) is 0.625. The standard InChI is InChI=1S/C16H25N3O/c1-4-17-15-10-13(5-6-18-15)16(20)19-14-8-11(2)7-12(3)9-14/h5-6,10-12,14H,4,7-9H2,1-3H3,(H,17,18)(H,19,20). The summed E-state index contributed by atoms with van der Waals surface area (Å²) >= 11 is 0. The van der Waals surface area contributed by atoms with Crippen molar-refractivity contribution in [1.29, 1.82) is 0 Å². The fourth-order valence-corrected chi connectivity index (χ4v) is 3.18. The van der Waals surface area contributed by atoms with Gasteiger partial charge in [0.05, 0.1) is 0 Å². The van der Waals surface area contributed by atoms with Gasteiger partial charge in [-0.25, -0.2) is 4.98 Å². The van der Waals surface area contributed by atoms with E-state index < -0.39 is 0 Å². The highest BCUT2D eigenvalue weighted by Crippen LogP contribution is 2.28. The Bertz CT molecular complexity index is 451. The number of hydrogen-bond acceptors (Lipinski definition) is 3. The predicted molar refractivity (Wildman–Crippen MR) is 81.8 cm³/mol. The van der Waals surface area contributed by atoms with Gasteiger partial charge in [0, 0.05) is 24.3 Å². The van der Waals surface area contributed by atoms with Crippen LogP contribution in [0.1, 0.15) is 50.4 Å². The zero-order valence-electron chi connectivity index (χ0n) is 12.6. The van der Waals surface area contributed by atoms with Gasteiger partial charge in [0.1, 0.15) is 5.82 Å². The maximum absolute atomic E-state index is 12.3. The summed E-state index contributed by atoms with van der Waals surface area (Å²) in [6.07, 6.45) is 5.12. The molecule has 20 heavy (non-hydrogen) atoms. The topological polar surface area (TPSA) is 54.0 Å². The number of anilines is 1. The Morgan fingerprint density at radius 2 is 2.00 bits per heavy atom. The van der Waals surface area contributed by atoms with E-state index in [0.717, 1.165) is 25.2 Å². The lowest BCUT2D eigenvalue weighted by atomic mass is 9.80. The normalized spacial score (nSPS) is 26.1. The molecular weight excluding hydrogens is 250 g/mol. The predicted octanol–water partition coefficient (Wildman–Crippen LogP) is 3.07. The van der Waals surface area contributed by atoms with Crippen molar-refractivity contribution in [3.05, 3.63) is 23.9 Å². The summed E-state index contributed by atoms with van der Waals surface area (Å²) in [6, 6.07) is 3.89. The van der Waals surface area contributed by atoms with Crippen LogP contribution in [0.2, 0.25) is 0 Å². The van der Waals surface area contributed by atoms with Crippen molar-refractivity contribution >= 4 is 11.7 Å². The summed E-state index contributed by atoms with van der Waals surface area (Å²) < 4.78 is 0. The number of nitrogens with one attached hydrogen (secondary N) is 2. The van der Waals surface area contributed by atoms with E-state index in [1.165, 1.54) is 6.42 Å². The van der Waals surface area contributed by atoms with Crippen LogP contribution in [-0.4, -0.2) is 23.5 Å². The zero-order chi connectivity index (χ0) is 14.5. The molecule has 1 aromatic heterocycles. The Kier molecular flexibility index (Phi) is 4.99. The van der Waals surface area contributed by atoms with Gasteiger partial charge in [-0.2, -0.15) is 0 Å². The van der Waals surface area contributed by atoms with Crippen LogP contribution in [0.15, 0.2) is 18.3 Å². The van der Waals surface area contributed by atoms with Crippen molar-refractivity contribution in [1.82, 2.24) is 10.3 Å². The average molecular weight is 275 g/mol. The van der Waals surface area contributed by atoms with Gasteiger partial charge in [-0.05, 0) is 50.2 Å². The average Bonchev–Trinajstić information content (AvgIpc) is 2.38. The largest absolute Gasteiger partial charge is 0.370 e. The molecule has 1 aliphatic carbocycles. The maximum atomic E-state index is 12.3. The van der Waals surface area contributed by atoms with Crippen LogP contribution in [-0.2, 0) is 0 Å². The van der Waals surface area contributed by atoms with Crippen molar-refractivity contribution in [3.63, 3.8) is 0 Å². The molecule has 1 heterocycles. The Morgan fingerprint density at radius 1 is 1.30 bits per heavy atom. The number of hydrogen-bond donors (Lipinski definition) is 2. The molecule has 1 amide bonds. The van der Waals surface area contributed by atoms with Crippen LogP contribution in [0.5, 0.6) is 0 Å². The number of carbonyl (C=O) groups excluding carboxylic acids is 1. The number of nitrogens with zero attached hydrogens (tertiary/aromatic N) is 1. The third-order valence-electron chi connectivity index (χ3n) is 3.89. The summed E-state index contributed by atoms with van der Waals surface area (Å²) in [5, 5.41) is 6.30. The smallest absolute Gasteiger partial charge is 0.251 e. The number of aromatic nitrogens is 1. The number of amides is 1. The fourth-order valence-electron chi connectivity index (χ4n) is 3.18. The summed E-state index contributed by atoms with van der Waals surface area (Å²) in [6.45, 7) is 7.35. The molecule has 0 spiro atoms.